The molecule has 2 atom stereocenters. The lowest BCUT2D eigenvalue weighted by atomic mass is 9.90. The standard InChI is InChI=1S/C30H30FN5O3/c1-34-15-23(14-32-34)19-5-8-25-21(12-19)10-11-30(25)28(38)36(29(39)33-30)17-27(37)35-16-22-4-7-24(31)13-20(22)6-9-26(35)18-2-3-18/h4-5,7-8,12-15,18,26H,2-3,6,9-11,16-17H2,1H3,(H,33,39). The Labute approximate surface area is 225 Å². The van der Waals surface area contributed by atoms with Crippen molar-refractivity contribution in [2.24, 2.45) is 13.0 Å². The molecule has 200 valence electrons. The largest absolute Gasteiger partial charge is 0.334 e. The van der Waals surface area contributed by atoms with Crippen LogP contribution in [-0.2, 0) is 41.6 Å². The Morgan fingerprint density at radius 1 is 1.05 bits per heavy atom. The lowest BCUT2D eigenvalue weighted by Crippen LogP contribution is -2.48. The van der Waals surface area contributed by atoms with Crippen LogP contribution in [0.25, 0.3) is 11.1 Å². The predicted molar refractivity (Wildman–Crippen MR) is 141 cm³/mol. The smallest absolute Gasteiger partial charge is 0.325 e. The third-order valence-electron chi connectivity index (χ3n) is 8.95. The average molecular weight is 528 g/mol. The summed E-state index contributed by atoms with van der Waals surface area (Å²) >= 11 is 0. The number of urea groups is 1. The van der Waals surface area contributed by atoms with Crippen LogP contribution in [0.2, 0.25) is 0 Å². The summed E-state index contributed by atoms with van der Waals surface area (Å²) in [4.78, 5) is 43.7. The molecule has 2 aliphatic carbocycles. The predicted octanol–water partition coefficient (Wildman–Crippen LogP) is 3.67. The summed E-state index contributed by atoms with van der Waals surface area (Å²) in [6.07, 6.45) is 8.43. The first-order chi connectivity index (χ1) is 18.8. The van der Waals surface area contributed by atoms with Gasteiger partial charge in [-0.3, -0.25) is 19.2 Å². The maximum Gasteiger partial charge on any atom is 0.325 e. The zero-order valence-electron chi connectivity index (χ0n) is 21.8. The third kappa shape index (κ3) is 3.94. The Balaban J connectivity index is 1.14. The molecule has 1 saturated heterocycles. The summed E-state index contributed by atoms with van der Waals surface area (Å²) in [6.45, 7) is 0.0691. The van der Waals surface area contributed by atoms with Gasteiger partial charge in [0.05, 0.1) is 6.20 Å². The van der Waals surface area contributed by atoms with Gasteiger partial charge in [-0.05, 0) is 84.4 Å². The highest BCUT2D eigenvalue weighted by molar-refractivity contribution is 6.10. The SMILES string of the molecule is Cn1cc(-c2ccc3c(c2)CCC32NC(=O)N(CC(=O)N3Cc4ccc(F)cc4CCC3C3CC3)C2=O)cn1. The van der Waals surface area contributed by atoms with E-state index in [2.05, 4.69) is 16.5 Å². The van der Waals surface area contributed by atoms with Crippen LogP contribution in [0.15, 0.2) is 48.8 Å². The number of nitrogens with zero attached hydrogens (tertiary/aromatic N) is 4. The quantitative estimate of drug-likeness (QED) is 0.525. The number of fused-ring (bicyclic) bond motifs is 3. The molecule has 4 amide bonds. The van der Waals surface area contributed by atoms with E-state index in [-0.39, 0.29) is 30.2 Å². The minimum Gasteiger partial charge on any atom is -0.334 e. The maximum atomic E-state index is 13.9. The van der Waals surface area contributed by atoms with E-state index in [1.54, 1.807) is 23.0 Å². The Morgan fingerprint density at radius 2 is 1.90 bits per heavy atom. The minimum atomic E-state index is -1.14. The molecule has 4 aliphatic rings. The van der Waals surface area contributed by atoms with Crippen LogP contribution in [-0.4, -0.2) is 50.0 Å². The minimum absolute atomic E-state index is 0.0285. The molecule has 1 saturated carbocycles. The molecule has 1 N–H and O–H groups in total. The number of carbonyl (C=O) groups excluding carboxylic acids is 3. The van der Waals surface area contributed by atoms with Gasteiger partial charge in [-0.1, -0.05) is 24.3 Å². The number of rotatable bonds is 4. The monoisotopic (exact) mass is 527 g/mol. The summed E-state index contributed by atoms with van der Waals surface area (Å²) in [5.41, 5.74) is 4.53. The van der Waals surface area contributed by atoms with Crippen molar-refractivity contribution >= 4 is 17.8 Å². The van der Waals surface area contributed by atoms with Crippen LogP contribution in [0, 0.1) is 11.7 Å². The highest BCUT2D eigenvalue weighted by atomic mass is 19.1. The molecule has 3 aromatic rings. The average Bonchev–Trinajstić information content (AvgIpc) is 3.55. The molecule has 39 heavy (non-hydrogen) atoms. The maximum absolute atomic E-state index is 13.9. The van der Waals surface area contributed by atoms with Gasteiger partial charge < -0.3 is 10.2 Å². The molecule has 2 fully saturated rings. The summed E-state index contributed by atoms with van der Waals surface area (Å²) in [7, 11) is 1.87. The summed E-state index contributed by atoms with van der Waals surface area (Å²) in [5.74, 6) is -0.465. The fourth-order valence-electron chi connectivity index (χ4n) is 6.76. The lowest BCUT2D eigenvalue weighted by Gasteiger charge is -2.31. The third-order valence-corrected chi connectivity index (χ3v) is 8.95. The van der Waals surface area contributed by atoms with Crippen LogP contribution in [0.5, 0.6) is 0 Å². The zero-order valence-corrected chi connectivity index (χ0v) is 21.8. The second-order valence-corrected chi connectivity index (χ2v) is 11.4. The van der Waals surface area contributed by atoms with E-state index in [0.717, 1.165) is 57.5 Å². The number of carbonyl (C=O) groups is 3. The van der Waals surface area contributed by atoms with Gasteiger partial charge >= 0.3 is 6.03 Å². The summed E-state index contributed by atoms with van der Waals surface area (Å²) in [6, 6.07) is 10.2. The molecule has 7 rings (SSSR count). The Hall–Kier alpha value is -4.01. The first kappa shape index (κ1) is 24.1. The van der Waals surface area contributed by atoms with Gasteiger partial charge in [-0.2, -0.15) is 5.10 Å². The fraction of sp³-hybridized carbons (Fsp3) is 0.400. The number of aryl methyl sites for hydroxylation is 3. The molecule has 1 spiro atoms. The van der Waals surface area contributed by atoms with Gasteiger partial charge in [0.15, 0.2) is 0 Å². The number of hydrogen-bond acceptors (Lipinski definition) is 4. The van der Waals surface area contributed by atoms with E-state index in [1.807, 2.05) is 30.3 Å². The fourth-order valence-corrected chi connectivity index (χ4v) is 6.76. The second-order valence-electron chi connectivity index (χ2n) is 11.4. The topological polar surface area (TPSA) is 87.5 Å². The lowest BCUT2D eigenvalue weighted by molar-refractivity contribution is -0.141. The van der Waals surface area contributed by atoms with Gasteiger partial charge in [-0.15, -0.1) is 0 Å². The van der Waals surface area contributed by atoms with Crippen LogP contribution in [0.1, 0.15) is 47.9 Å². The summed E-state index contributed by atoms with van der Waals surface area (Å²) in [5, 5.41) is 7.19. The molecule has 3 heterocycles. The van der Waals surface area contributed by atoms with E-state index in [1.165, 1.54) is 6.07 Å². The van der Waals surface area contributed by atoms with Crippen molar-refractivity contribution in [2.45, 2.75) is 56.7 Å². The zero-order chi connectivity index (χ0) is 26.9. The van der Waals surface area contributed by atoms with Crippen molar-refractivity contribution in [3.8, 4) is 11.1 Å². The van der Waals surface area contributed by atoms with E-state index in [0.29, 0.717) is 31.7 Å². The Bertz CT molecular complexity index is 1530. The van der Waals surface area contributed by atoms with E-state index in [4.69, 9.17) is 0 Å². The first-order valence-corrected chi connectivity index (χ1v) is 13.7. The van der Waals surface area contributed by atoms with E-state index >= 15 is 0 Å². The van der Waals surface area contributed by atoms with E-state index in [9.17, 15) is 18.8 Å². The molecule has 0 radical (unpaired) electrons. The molecule has 2 aromatic carbocycles. The normalized spacial score (nSPS) is 24.1. The number of hydrogen-bond donors (Lipinski definition) is 1. The van der Waals surface area contributed by atoms with E-state index < -0.39 is 11.6 Å². The number of aromatic nitrogens is 2. The number of benzene rings is 2. The van der Waals surface area contributed by atoms with Crippen molar-refractivity contribution in [1.82, 2.24) is 24.9 Å². The summed E-state index contributed by atoms with van der Waals surface area (Å²) < 4.78 is 15.6. The number of imide groups is 1. The molecule has 2 aliphatic heterocycles. The number of halogens is 1. The second kappa shape index (κ2) is 8.76. The molecule has 9 heteroatoms. The van der Waals surface area contributed by atoms with Gasteiger partial charge in [0.1, 0.15) is 17.9 Å². The van der Waals surface area contributed by atoms with Gasteiger partial charge in [0.2, 0.25) is 5.91 Å². The van der Waals surface area contributed by atoms with Crippen molar-refractivity contribution < 1.29 is 18.8 Å². The Kier molecular flexibility index (Phi) is 5.40. The van der Waals surface area contributed by atoms with Crippen LogP contribution in [0.4, 0.5) is 9.18 Å². The van der Waals surface area contributed by atoms with Crippen molar-refractivity contribution in [3.05, 3.63) is 76.9 Å². The molecule has 0 bridgehead atoms. The van der Waals surface area contributed by atoms with Crippen molar-refractivity contribution in [2.75, 3.05) is 6.54 Å². The van der Waals surface area contributed by atoms with Crippen LogP contribution < -0.4 is 5.32 Å². The van der Waals surface area contributed by atoms with Crippen molar-refractivity contribution in [3.63, 3.8) is 0 Å². The Morgan fingerprint density at radius 3 is 2.67 bits per heavy atom. The van der Waals surface area contributed by atoms with Gasteiger partial charge in [0.25, 0.3) is 5.91 Å². The highest BCUT2D eigenvalue weighted by Crippen LogP contribution is 2.43. The molecule has 8 nitrogen and oxygen atoms in total. The van der Waals surface area contributed by atoms with Gasteiger partial charge in [-0.25, -0.2) is 9.18 Å². The molecule has 1 aromatic heterocycles. The van der Waals surface area contributed by atoms with Crippen LogP contribution in [0.3, 0.4) is 0 Å². The molecular weight excluding hydrogens is 497 g/mol. The van der Waals surface area contributed by atoms with Crippen LogP contribution >= 0.6 is 0 Å². The molecule has 2 unspecified atom stereocenters. The molecular formula is C30H30FN5O3. The number of nitrogens with one attached hydrogen (secondary N) is 1. The number of amides is 4. The van der Waals surface area contributed by atoms with Crippen molar-refractivity contribution in [1.29, 1.82) is 0 Å². The van der Waals surface area contributed by atoms with Gasteiger partial charge in [0, 0.05) is 31.4 Å². The highest BCUT2D eigenvalue weighted by Gasteiger charge is 2.56. The first-order valence-electron chi connectivity index (χ1n) is 13.7.